The number of rotatable bonds is 4. The maximum absolute atomic E-state index is 11.7. The van der Waals surface area contributed by atoms with Crippen molar-refractivity contribution in [3.05, 3.63) is 29.8 Å². The van der Waals surface area contributed by atoms with E-state index in [0.29, 0.717) is 13.1 Å². The fourth-order valence-electron chi connectivity index (χ4n) is 1.96. The number of nitrogens with two attached hydrogens (primary N) is 1. The lowest BCUT2D eigenvalue weighted by molar-refractivity contribution is 0.112. The lowest BCUT2D eigenvalue weighted by atomic mass is 10.2. The van der Waals surface area contributed by atoms with Gasteiger partial charge in [-0.15, -0.1) is 0 Å². The van der Waals surface area contributed by atoms with E-state index < -0.39 is 0 Å². The van der Waals surface area contributed by atoms with Gasteiger partial charge in [-0.3, -0.25) is 0 Å². The van der Waals surface area contributed by atoms with E-state index in [9.17, 15) is 4.79 Å². The molecule has 5 heteroatoms. The predicted octanol–water partition coefficient (Wildman–Crippen LogP) is 1.45. The van der Waals surface area contributed by atoms with Crippen LogP contribution in [0.5, 0.6) is 0 Å². The normalized spacial score (nSPS) is 18.6. The van der Waals surface area contributed by atoms with E-state index in [0.717, 1.165) is 30.7 Å². The first-order valence-electron chi connectivity index (χ1n) is 6.23. The third-order valence-electron chi connectivity index (χ3n) is 2.93. The summed E-state index contributed by atoms with van der Waals surface area (Å²) >= 11 is 0. The molecule has 0 saturated carbocycles. The van der Waals surface area contributed by atoms with Crippen LogP contribution in [-0.2, 0) is 11.3 Å². The monoisotopic (exact) mass is 249 g/mol. The number of urea groups is 1. The number of carbonyl (C=O) groups excluding carboxylic acids is 1. The van der Waals surface area contributed by atoms with Crippen LogP contribution in [0.4, 0.5) is 10.5 Å². The summed E-state index contributed by atoms with van der Waals surface area (Å²) in [5, 5.41) is 5.58. The van der Waals surface area contributed by atoms with Gasteiger partial charge in [-0.1, -0.05) is 12.1 Å². The molecule has 1 aliphatic rings. The average Bonchev–Trinajstić information content (AvgIpc) is 2.90. The highest BCUT2D eigenvalue weighted by Gasteiger charge is 2.15. The zero-order chi connectivity index (χ0) is 12.8. The summed E-state index contributed by atoms with van der Waals surface area (Å²) in [6, 6.07) is 7.30. The van der Waals surface area contributed by atoms with Crippen LogP contribution in [0.1, 0.15) is 18.4 Å². The Balaban J connectivity index is 1.78. The Morgan fingerprint density at radius 3 is 3.11 bits per heavy atom. The summed E-state index contributed by atoms with van der Waals surface area (Å²) in [5.74, 6) is 0. The number of benzene rings is 1. The minimum Gasteiger partial charge on any atom is -0.376 e. The molecule has 1 aromatic carbocycles. The van der Waals surface area contributed by atoms with Crippen molar-refractivity contribution >= 4 is 11.7 Å². The third-order valence-corrected chi connectivity index (χ3v) is 2.93. The smallest absolute Gasteiger partial charge is 0.319 e. The highest BCUT2D eigenvalue weighted by Crippen LogP contribution is 2.11. The summed E-state index contributed by atoms with van der Waals surface area (Å²) in [6.45, 7) is 1.82. The molecule has 18 heavy (non-hydrogen) atoms. The number of carbonyl (C=O) groups is 1. The van der Waals surface area contributed by atoms with Crippen molar-refractivity contribution < 1.29 is 9.53 Å². The minimum atomic E-state index is -0.209. The summed E-state index contributed by atoms with van der Waals surface area (Å²) in [5.41, 5.74) is 7.29. The number of ether oxygens (including phenoxy) is 1. The minimum absolute atomic E-state index is 0.158. The Bertz CT molecular complexity index is 403. The number of anilines is 1. The molecule has 0 bridgehead atoms. The zero-order valence-electron chi connectivity index (χ0n) is 10.3. The predicted molar refractivity (Wildman–Crippen MR) is 70.3 cm³/mol. The Kier molecular flexibility index (Phi) is 4.55. The van der Waals surface area contributed by atoms with Crippen LogP contribution in [0.25, 0.3) is 0 Å². The molecule has 2 rings (SSSR count). The molecule has 1 heterocycles. The quantitative estimate of drug-likeness (QED) is 0.755. The van der Waals surface area contributed by atoms with Crippen LogP contribution in [0.3, 0.4) is 0 Å². The van der Waals surface area contributed by atoms with Gasteiger partial charge in [0.05, 0.1) is 6.10 Å². The topological polar surface area (TPSA) is 76.4 Å². The molecule has 1 fully saturated rings. The molecule has 98 valence electrons. The third kappa shape index (κ3) is 3.72. The van der Waals surface area contributed by atoms with Gasteiger partial charge in [-0.05, 0) is 30.5 Å². The molecular weight excluding hydrogens is 230 g/mol. The van der Waals surface area contributed by atoms with Gasteiger partial charge in [0.2, 0.25) is 0 Å². The van der Waals surface area contributed by atoms with Crippen molar-refractivity contribution in [2.24, 2.45) is 5.73 Å². The highest BCUT2D eigenvalue weighted by atomic mass is 16.5. The molecular formula is C13H19N3O2. The van der Waals surface area contributed by atoms with Gasteiger partial charge in [-0.25, -0.2) is 4.79 Å². The standard InChI is InChI=1S/C13H19N3O2/c14-8-10-3-1-4-11(7-10)16-13(17)15-9-12-5-2-6-18-12/h1,3-4,7,12H,2,5-6,8-9,14H2,(H2,15,16,17). The van der Waals surface area contributed by atoms with Crippen LogP contribution >= 0.6 is 0 Å². The van der Waals surface area contributed by atoms with Crippen LogP contribution in [-0.4, -0.2) is 25.3 Å². The van der Waals surface area contributed by atoms with Gasteiger partial charge in [0, 0.05) is 25.4 Å². The largest absolute Gasteiger partial charge is 0.376 e. The first-order chi connectivity index (χ1) is 8.78. The lowest BCUT2D eigenvalue weighted by Gasteiger charge is -2.12. The zero-order valence-corrected chi connectivity index (χ0v) is 10.3. The molecule has 1 aliphatic heterocycles. The van der Waals surface area contributed by atoms with Gasteiger partial charge in [0.1, 0.15) is 0 Å². The van der Waals surface area contributed by atoms with Crippen molar-refractivity contribution in [2.45, 2.75) is 25.5 Å². The molecule has 1 saturated heterocycles. The maximum atomic E-state index is 11.7. The van der Waals surface area contributed by atoms with E-state index in [4.69, 9.17) is 10.5 Å². The van der Waals surface area contributed by atoms with Crippen molar-refractivity contribution in [1.29, 1.82) is 0 Å². The van der Waals surface area contributed by atoms with Crippen molar-refractivity contribution in [1.82, 2.24) is 5.32 Å². The second-order valence-corrected chi connectivity index (χ2v) is 4.37. The lowest BCUT2D eigenvalue weighted by Crippen LogP contribution is -2.35. The summed E-state index contributed by atoms with van der Waals surface area (Å²) in [7, 11) is 0. The van der Waals surface area contributed by atoms with Crippen molar-refractivity contribution in [2.75, 3.05) is 18.5 Å². The molecule has 5 nitrogen and oxygen atoms in total. The van der Waals surface area contributed by atoms with Crippen LogP contribution in [0.15, 0.2) is 24.3 Å². The van der Waals surface area contributed by atoms with Crippen LogP contribution in [0.2, 0.25) is 0 Å². The van der Waals surface area contributed by atoms with Crippen molar-refractivity contribution in [3.63, 3.8) is 0 Å². The fraction of sp³-hybridized carbons (Fsp3) is 0.462. The first-order valence-corrected chi connectivity index (χ1v) is 6.23. The summed E-state index contributed by atoms with van der Waals surface area (Å²) in [6.07, 6.45) is 2.25. The van der Waals surface area contributed by atoms with E-state index in [1.165, 1.54) is 0 Å². The summed E-state index contributed by atoms with van der Waals surface area (Å²) in [4.78, 5) is 11.7. The molecule has 2 amide bonds. The van der Waals surface area contributed by atoms with E-state index in [-0.39, 0.29) is 12.1 Å². The van der Waals surface area contributed by atoms with Crippen molar-refractivity contribution in [3.8, 4) is 0 Å². The average molecular weight is 249 g/mol. The number of hydrogen-bond donors (Lipinski definition) is 3. The fourth-order valence-corrected chi connectivity index (χ4v) is 1.96. The van der Waals surface area contributed by atoms with Gasteiger partial charge in [0.15, 0.2) is 0 Å². The van der Waals surface area contributed by atoms with Gasteiger partial charge in [-0.2, -0.15) is 0 Å². The van der Waals surface area contributed by atoms with Gasteiger partial charge in [0.25, 0.3) is 0 Å². The molecule has 0 aromatic heterocycles. The van der Waals surface area contributed by atoms with E-state index >= 15 is 0 Å². The second kappa shape index (κ2) is 6.37. The SMILES string of the molecule is NCc1cccc(NC(=O)NCC2CCCO2)c1. The van der Waals surface area contributed by atoms with Gasteiger partial charge < -0.3 is 21.1 Å². The molecule has 4 N–H and O–H groups in total. The number of nitrogens with one attached hydrogen (secondary N) is 2. The number of hydrogen-bond acceptors (Lipinski definition) is 3. The van der Waals surface area contributed by atoms with E-state index in [1.54, 1.807) is 0 Å². The highest BCUT2D eigenvalue weighted by molar-refractivity contribution is 5.89. The first kappa shape index (κ1) is 12.9. The van der Waals surface area contributed by atoms with Crippen LogP contribution < -0.4 is 16.4 Å². The van der Waals surface area contributed by atoms with E-state index in [2.05, 4.69) is 10.6 Å². The molecule has 1 aromatic rings. The summed E-state index contributed by atoms with van der Waals surface area (Å²) < 4.78 is 5.43. The molecule has 0 spiro atoms. The Morgan fingerprint density at radius 1 is 1.50 bits per heavy atom. The Labute approximate surface area is 107 Å². The molecule has 0 radical (unpaired) electrons. The molecule has 1 atom stereocenters. The Hall–Kier alpha value is -1.59. The maximum Gasteiger partial charge on any atom is 0.319 e. The Morgan fingerprint density at radius 2 is 2.39 bits per heavy atom. The van der Waals surface area contributed by atoms with E-state index in [1.807, 2.05) is 24.3 Å². The second-order valence-electron chi connectivity index (χ2n) is 4.37. The molecule has 0 aliphatic carbocycles. The van der Waals surface area contributed by atoms with Crippen LogP contribution in [0, 0.1) is 0 Å². The van der Waals surface area contributed by atoms with Gasteiger partial charge >= 0.3 is 6.03 Å². The number of amides is 2. The molecule has 1 unspecified atom stereocenters.